The average Bonchev–Trinajstić information content (AvgIpc) is 3.23. The van der Waals surface area contributed by atoms with E-state index >= 15 is 0 Å². The van der Waals surface area contributed by atoms with Crippen molar-refractivity contribution in [1.29, 1.82) is 0 Å². The number of benzene rings is 2. The Bertz CT molecular complexity index is 1040. The molecule has 0 radical (unpaired) electrons. The fraction of sp³-hybridized carbons (Fsp3) is 0.211. The van der Waals surface area contributed by atoms with Crippen LogP contribution in [-0.2, 0) is 0 Å². The van der Waals surface area contributed by atoms with E-state index in [9.17, 15) is 19.7 Å². The molecule has 3 rings (SSSR count). The van der Waals surface area contributed by atoms with Gasteiger partial charge in [0.25, 0.3) is 11.6 Å². The van der Waals surface area contributed by atoms with Crippen molar-refractivity contribution in [1.82, 2.24) is 5.32 Å². The second kappa shape index (κ2) is 9.06. The van der Waals surface area contributed by atoms with Crippen molar-refractivity contribution < 1.29 is 19.6 Å². The van der Waals surface area contributed by atoms with Crippen LogP contribution in [0.3, 0.4) is 0 Å². The number of carbonyl (C=O) groups is 2. The highest BCUT2D eigenvalue weighted by molar-refractivity contribution is 7.80. The Hall–Kier alpha value is -3.24. The Morgan fingerprint density at radius 2 is 1.83 bits per heavy atom. The number of anilines is 2. The van der Waals surface area contributed by atoms with Gasteiger partial charge in [-0.05, 0) is 49.3 Å². The average molecular weight is 449 g/mol. The lowest BCUT2D eigenvalue weighted by Gasteiger charge is -2.21. The first-order chi connectivity index (χ1) is 14.3. The number of nitro benzene ring substituents is 1. The SMILES string of the molecule is O=C(O)c1cc(NC(=S)NC(=O)c2cc([N+](=O)[O-])ccc2N2CCCC2)ccc1Cl. The highest BCUT2D eigenvalue weighted by Crippen LogP contribution is 2.28. The van der Waals surface area contributed by atoms with Crippen LogP contribution in [-0.4, -0.2) is 40.1 Å². The lowest BCUT2D eigenvalue weighted by atomic mass is 10.1. The molecule has 0 bridgehead atoms. The maximum Gasteiger partial charge on any atom is 0.337 e. The van der Waals surface area contributed by atoms with E-state index in [1.54, 1.807) is 6.07 Å². The number of nitro groups is 1. The van der Waals surface area contributed by atoms with Crippen LogP contribution in [0.1, 0.15) is 33.6 Å². The molecule has 1 saturated heterocycles. The first-order valence-electron chi connectivity index (χ1n) is 8.95. The third kappa shape index (κ3) is 4.84. The molecule has 3 N–H and O–H groups in total. The monoisotopic (exact) mass is 448 g/mol. The Morgan fingerprint density at radius 3 is 2.47 bits per heavy atom. The second-order valence-corrected chi connectivity index (χ2v) is 7.38. The van der Waals surface area contributed by atoms with Crippen LogP contribution in [0.4, 0.5) is 17.1 Å². The second-order valence-electron chi connectivity index (χ2n) is 6.56. The zero-order valence-electron chi connectivity index (χ0n) is 15.6. The number of carboxylic acid groups (broad SMARTS) is 1. The van der Waals surface area contributed by atoms with Crippen molar-refractivity contribution in [2.75, 3.05) is 23.3 Å². The van der Waals surface area contributed by atoms with Crippen LogP contribution in [0.25, 0.3) is 0 Å². The number of carbonyl (C=O) groups excluding carboxylic acids is 1. The molecule has 1 heterocycles. The fourth-order valence-corrected chi connectivity index (χ4v) is 3.56. The van der Waals surface area contributed by atoms with Gasteiger partial charge < -0.3 is 15.3 Å². The minimum absolute atomic E-state index is 0.0647. The Morgan fingerprint density at radius 1 is 1.13 bits per heavy atom. The summed E-state index contributed by atoms with van der Waals surface area (Å²) in [6, 6.07) is 8.33. The summed E-state index contributed by atoms with van der Waals surface area (Å²) in [5.74, 6) is -1.81. The molecule has 1 aliphatic heterocycles. The van der Waals surface area contributed by atoms with E-state index in [-0.39, 0.29) is 26.9 Å². The molecular formula is C19H17ClN4O5S. The quantitative estimate of drug-likeness (QED) is 0.359. The third-order valence-electron chi connectivity index (χ3n) is 4.56. The van der Waals surface area contributed by atoms with E-state index in [0.29, 0.717) is 11.4 Å². The molecule has 2 aromatic carbocycles. The van der Waals surface area contributed by atoms with Gasteiger partial charge in [0.2, 0.25) is 0 Å². The molecule has 1 fully saturated rings. The molecule has 0 unspecified atom stereocenters. The van der Waals surface area contributed by atoms with Gasteiger partial charge in [-0.25, -0.2) is 4.79 Å². The van der Waals surface area contributed by atoms with Crippen LogP contribution in [0.2, 0.25) is 5.02 Å². The number of aromatic carboxylic acids is 1. The number of rotatable bonds is 5. The van der Waals surface area contributed by atoms with Gasteiger partial charge in [0.05, 0.1) is 26.8 Å². The van der Waals surface area contributed by atoms with E-state index < -0.39 is 16.8 Å². The summed E-state index contributed by atoms with van der Waals surface area (Å²) >= 11 is 11.0. The standard InChI is InChI=1S/C19H17ClN4O5S/c20-15-5-3-11(9-13(15)18(26)27)21-19(30)22-17(25)14-10-12(24(28)29)4-6-16(14)23-7-1-2-8-23/h3-6,9-10H,1-2,7-8H2,(H,26,27)(H2,21,22,25,30). The topological polar surface area (TPSA) is 125 Å². The molecule has 0 saturated carbocycles. The summed E-state index contributed by atoms with van der Waals surface area (Å²) in [6.07, 6.45) is 1.95. The summed E-state index contributed by atoms with van der Waals surface area (Å²) < 4.78 is 0. The molecule has 0 aliphatic carbocycles. The highest BCUT2D eigenvalue weighted by Gasteiger charge is 2.23. The van der Waals surface area contributed by atoms with E-state index in [1.807, 2.05) is 4.90 Å². The number of thiocarbonyl (C=S) groups is 1. The lowest BCUT2D eigenvalue weighted by Crippen LogP contribution is -2.35. The minimum atomic E-state index is -1.20. The van der Waals surface area contributed by atoms with Gasteiger partial charge in [0, 0.05) is 30.9 Å². The molecule has 2 aromatic rings. The fourth-order valence-electron chi connectivity index (χ4n) is 3.15. The van der Waals surface area contributed by atoms with Gasteiger partial charge in [-0.15, -0.1) is 0 Å². The maximum atomic E-state index is 12.8. The molecule has 0 spiro atoms. The molecule has 30 heavy (non-hydrogen) atoms. The molecule has 9 nitrogen and oxygen atoms in total. The van der Waals surface area contributed by atoms with Gasteiger partial charge >= 0.3 is 5.97 Å². The number of nitrogens with one attached hydrogen (secondary N) is 2. The smallest absolute Gasteiger partial charge is 0.337 e. The summed E-state index contributed by atoms with van der Waals surface area (Å²) in [5.41, 5.74) is 0.730. The van der Waals surface area contributed by atoms with Gasteiger partial charge in [-0.1, -0.05) is 11.6 Å². The van der Waals surface area contributed by atoms with Crippen molar-refractivity contribution in [3.8, 4) is 0 Å². The summed E-state index contributed by atoms with van der Waals surface area (Å²) in [7, 11) is 0. The highest BCUT2D eigenvalue weighted by atomic mass is 35.5. The van der Waals surface area contributed by atoms with Crippen molar-refractivity contribution in [2.45, 2.75) is 12.8 Å². The number of halogens is 1. The molecule has 156 valence electrons. The summed E-state index contributed by atoms with van der Waals surface area (Å²) in [5, 5.41) is 25.5. The van der Waals surface area contributed by atoms with E-state index in [0.717, 1.165) is 25.9 Å². The molecule has 1 aliphatic rings. The normalized spacial score (nSPS) is 13.0. The summed E-state index contributed by atoms with van der Waals surface area (Å²) in [6.45, 7) is 1.51. The zero-order valence-corrected chi connectivity index (χ0v) is 17.1. The molecule has 0 aromatic heterocycles. The van der Waals surface area contributed by atoms with Crippen LogP contribution in [0.5, 0.6) is 0 Å². The van der Waals surface area contributed by atoms with Crippen LogP contribution in [0, 0.1) is 10.1 Å². The predicted octanol–water partition coefficient (Wildman–Crippen LogP) is 3.67. The van der Waals surface area contributed by atoms with E-state index in [2.05, 4.69) is 10.6 Å². The molecule has 0 atom stereocenters. The van der Waals surface area contributed by atoms with E-state index in [1.165, 1.54) is 30.3 Å². The van der Waals surface area contributed by atoms with Crippen molar-refractivity contribution in [2.24, 2.45) is 0 Å². The summed E-state index contributed by atoms with van der Waals surface area (Å²) in [4.78, 5) is 36.6. The van der Waals surface area contributed by atoms with Crippen molar-refractivity contribution in [3.63, 3.8) is 0 Å². The molecule has 1 amide bonds. The van der Waals surface area contributed by atoms with Gasteiger partial charge in [0.15, 0.2) is 5.11 Å². The Balaban J connectivity index is 1.80. The molecular weight excluding hydrogens is 432 g/mol. The van der Waals surface area contributed by atoms with Gasteiger partial charge in [-0.2, -0.15) is 0 Å². The van der Waals surface area contributed by atoms with Crippen LogP contribution < -0.4 is 15.5 Å². The zero-order chi connectivity index (χ0) is 21.8. The van der Waals surface area contributed by atoms with Crippen LogP contribution in [0.15, 0.2) is 36.4 Å². The first-order valence-corrected chi connectivity index (χ1v) is 9.73. The molecule has 11 heteroatoms. The Labute approximate surface area is 181 Å². The van der Waals surface area contributed by atoms with Gasteiger partial charge in [0.1, 0.15) is 0 Å². The largest absolute Gasteiger partial charge is 0.478 e. The number of carboxylic acids is 1. The Kier molecular flexibility index (Phi) is 6.48. The van der Waals surface area contributed by atoms with Gasteiger partial charge in [-0.3, -0.25) is 20.2 Å². The minimum Gasteiger partial charge on any atom is -0.478 e. The van der Waals surface area contributed by atoms with Crippen molar-refractivity contribution >= 4 is 57.9 Å². The number of non-ortho nitro benzene ring substituents is 1. The number of hydrogen-bond donors (Lipinski definition) is 3. The first kappa shape index (κ1) is 21.5. The maximum absolute atomic E-state index is 12.8. The lowest BCUT2D eigenvalue weighted by molar-refractivity contribution is -0.384. The van der Waals surface area contributed by atoms with E-state index in [4.69, 9.17) is 28.9 Å². The van der Waals surface area contributed by atoms with Crippen LogP contribution >= 0.6 is 23.8 Å². The third-order valence-corrected chi connectivity index (χ3v) is 5.10. The number of nitrogens with zero attached hydrogens (tertiary/aromatic N) is 2. The number of hydrogen-bond acceptors (Lipinski definition) is 6. The number of amides is 1. The van der Waals surface area contributed by atoms with Crippen molar-refractivity contribution in [3.05, 3.63) is 62.7 Å². The predicted molar refractivity (Wildman–Crippen MR) is 117 cm³/mol.